The van der Waals surface area contributed by atoms with Gasteiger partial charge in [0, 0.05) is 11.3 Å². The van der Waals surface area contributed by atoms with Gasteiger partial charge in [-0.2, -0.15) is 0 Å². The molecule has 0 spiro atoms. The van der Waals surface area contributed by atoms with Crippen LogP contribution in [0.1, 0.15) is 10.4 Å². The van der Waals surface area contributed by atoms with Crippen molar-refractivity contribution < 1.29 is 19.5 Å². The van der Waals surface area contributed by atoms with Crippen molar-refractivity contribution in [2.24, 2.45) is 0 Å². The van der Waals surface area contributed by atoms with Crippen molar-refractivity contribution in [3.8, 4) is 5.75 Å². The monoisotopic (exact) mass is 257 g/mol. The van der Waals surface area contributed by atoms with Gasteiger partial charge in [-0.25, -0.2) is 0 Å². The van der Waals surface area contributed by atoms with Crippen LogP contribution in [0.3, 0.4) is 0 Å². The van der Waals surface area contributed by atoms with Gasteiger partial charge >= 0.3 is 7.32 Å². The maximum absolute atomic E-state index is 12.0. The van der Waals surface area contributed by atoms with E-state index >= 15 is 0 Å². The average molecular weight is 257 g/mol. The van der Waals surface area contributed by atoms with Crippen LogP contribution in [0.15, 0.2) is 54.6 Å². The molecule has 2 aromatic carbocycles. The lowest BCUT2D eigenvalue weighted by Crippen LogP contribution is -2.21. The lowest BCUT2D eigenvalue weighted by molar-refractivity contribution is 0.102. The highest BCUT2D eigenvalue weighted by Crippen LogP contribution is 2.15. The third kappa shape index (κ3) is 3.84. The minimum Gasteiger partial charge on any atom is -0.512 e. The Hall–Kier alpha value is -2.31. The molecule has 0 heterocycles. The van der Waals surface area contributed by atoms with E-state index in [1.165, 1.54) is 12.1 Å². The fourth-order valence-electron chi connectivity index (χ4n) is 1.56. The maximum atomic E-state index is 12.0. The van der Waals surface area contributed by atoms with Crippen molar-refractivity contribution in [1.29, 1.82) is 0 Å². The molecule has 5 nitrogen and oxygen atoms in total. The first-order chi connectivity index (χ1) is 9.15. The van der Waals surface area contributed by atoms with Crippen molar-refractivity contribution in [3.63, 3.8) is 0 Å². The molecule has 0 radical (unpaired) electrons. The van der Waals surface area contributed by atoms with Crippen LogP contribution >= 0.6 is 0 Å². The van der Waals surface area contributed by atoms with E-state index in [-0.39, 0.29) is 11.7 Å². The van der Waals surface area contributed by atoms with Crippen molar-refractivity contribution >= 4 is 18.9 Å². The van der Waals surface area contributed by atoms with E-state index in [0.717, 1.165) is 0 Å². The molecule has 0 aliphatic carbocycles. The summed E-state index contributed by atoms with van der Waals surface area (Å²) in [5.41, 5.74) is 1.04. The molecular formula is C13H12BNO4. The number of para-hydroxylation sites is 1. The van der Waals surface area contributed by atoms with Gasteiger partial charge in [0.15, 0.2) is 0 Å². The molecule has 2 rings (SSSR count). The van der Waals surface area contributed by atoms with Crippen LogP contribution < -0.4 is 9.97 Å². The molecule has 0 aliphatic rings. The molecule has 0 saturated carbocycles. The third-order valence-corrected chi connectivity index (χ3v) is 2.37. The SMILES string of the molecule is O=C(Nc1ccccc1)c1cccc(OB(O)O)c1. The first kappa shape index (κ1) is 13.1. The molecule has 0 fully saturated rings. The number of amides is 1. The molecule has 0 atom stereocenters. The van der Waals surface area contributed by atoms with Gasteiger partial charge in [0.1, 0.15) is 5.75 Å². The molecule has 1 amide bonds. The fraction of sp³-hybridized carbons (Fsp3) is 0. The van der Waals surface area contributed by atoms with Crippen LogP contribution in [-0.2, 0) is 0 Å². The standard InChI is InChI=1S/C13H12BNO4/c16-13(15-11-6-2-1-3-7-11)10-5-4-8-12(9-10)19-14(17)18/h1-9,17-18H,(H,15,16). The molecule has 19 heavy (non-hydrogen) atoms. The van der Waals surface area contributed by atoms with E-state index in [1.54, 1.807) is 24.3 Å². The van der Waals surface area contributed by atoms with Crippen LogP contribution in [-0.4, -0.2) is 23.3 Å². The largest absolute Gasteiger partial charge is 0.707 e. The maximum Gasteiger partial charge on any atom is 0.707 e. The van der Waals surface area contributed by atoms with Gasteiger partial charge in [0.25, 0.3) is 5.91 Å². The lowest BCUT2D eigenvalue weighted by Gasteiger charge is -2.08. The van der Waals surface area contributed by atoms with Crippen LogP contribution in [0.25, 0.3) is 0 Å². The zero-order valence-electron chi connectivity index (χ0n) is 9.98. The summed E-state index contributed by atoms with van der Waals surface area (Å²) in [5, 5.41) is 20.1. The predicted octanol–water partition coefficient (Wildman–Crippen LogP) is 1.29. The molecule has 0 unspecified atom stereocenters. The minimum atomic E-state index is -1.91. The van der Waals surface area contributed by atoms with Gasteiger partial charge in [0.05, 0.1) is 0 Å². The zero-order valence-corrected chi connectivity index (χ0v) is 9.98. The average Bonchev–Trinajstić information content (AvgIpc) is 2.39. The van der Waals surface area contributed by atoms with Crippen molar-refractivity contribution in [1.82, 2.24) is 0 Å². The third-order valence-electron chi connectivity index (χ3n) is 2.37. The van der Waals surface area contributed by atoms with E-state index in [2.05, 4.69) is 9.97 Å². The van der Waals surface area contributed by atoms with Gasteiger partial charge in [-0.3, -0.25) is 4.79 Å². The van der Waals surface area contributed by atoms with Crippen LogP contribution in [0.2, 0.25) is 0 Å². The van der Waals surface area contributed by atoms with E-state index in [9.17, 15) is 4.79 Å². The van der Waals surface area contributed by atoms with Crippen molar-refractivity contribution in [2.45, 2.75) is 0 Å². The van der Waals surface area contributed by atoms with Gasteiger partial charge in [-0.15, -0.1) is 0 Å². The summed E-state index contributed by atoms with van der Waals surface area (Å²) in [4.78, 5) is 12.0. The number of hydrogen-bond donors (Lipinski definition) is 3. The highest BCUT2D eigenvalue weighted by Gasteiger charge is 2.13. The van der Waals surface area contributed by atoms with Crippen LogP contribution in [0, 0.1) is 0 Å². The van der Waals surface area contributed by atoms with Crippen LogP contribution in [0.4, 0.5) is 5.69 Å². The van der Waals surface area contributed by atoms with E-state index in [4.69, 9.17) is 10.0 Å². The molecule has 0 aromatic heterocycles. The summed E-state index contributed by atoms with van der Waals surface area (Å²) >= 11 is 0. The van der Waals surface area contributed by atoms with Crippen molar-refractivity contribution in [2.75, 3.05) is 5.32 Å². The second kappa shape index (κ2) is 6.04. The lowest BCUT2D eigenvalue weighted by atomic mass is 10.1. The Bertz CT molecular complexity index is 560. The summed E-state index contributed by atoms with van der Waals surface area (Å²) in [6, 6.07) is 15.2. The first-order valence-corrected chi connectivity index (χ1v) is 5.64. The topological polar surface area (TPSA) is 78.8 Å². The number of benzene rings is 2. The highest BCUT2D eigenvalue weighted by molar-refractivity contribution is 6.33. The van der Waals surface area contributed by atoms with Gasteiger partial charge in [-0.1, -0.05) is 24.3 Å². The number of rotatable bonds is 4. The summed E-state index contributed by atoms with van der Waals surface area (Å²) in [5.74, 6) is -0.0974. The molecular weight excluding hydrogens is 245 g/mol. The first-order valence-electron chi connectivity index (χ1n) is 5.64. The Morgan fingerprint density at radius 3 is 2.47 bits per heavy atom. The number of carbonyl (C=O) groups excluding carboxylic acids is 1. The second-order valence-electron chi connectivity index (χ2n) is 3.79. The Morgan fingerprint density at radius 1 is 1.05 bits per heavy atom. The van der Waals surface area contributed by atoms with E-state index in [1.807, 2.05) is 18.2 Å². The molecule has 3 N–H and O–H groups in total. The predicted molar refractivity (Wildman–Crippen MR) is 71.7 cm³/mol. The highest BCUT2D eigenvalue weighted by atomic mass is 16.6. The summed E-state index contributed by atoms with van der Waals surface area (Å²) in [6.45, 7) is 0. The fourth-order valence-corrected chi connectivity index (χ4v) is 1.56. The molecule has 0 bridgehead atoms. The molecule has 2 aromatic rings. The molecule has 96 valence electrons. The summed E-state index contributed by atoms with van der Waals surface area (Å²) < 4.78 is 4.69. The number of hydrogen-bond acceptors (Lipinski definition) is 4. The number of nitrogens with one attached hydrogen (secondary N) is 1. The van der Waals surface area contributed by atoms with Gasteiger partial charge < -0.3 is 20.0 Å². The number of carbonyl (C=O) groups is 1. The Labute approximate surface area is 110 Å². The van der Waals surface area contributed by atoms with Crippen molar-refractivity contribution in [3.05, 3.63) is 60.2 Å². The number of anilines is 1. The smallest absolute Gasteiger partial charge is 0.512 e. The molecule has 0 saturated heterocycles. The van der Waals surface area contributed by atoms with E-state index in [0.29, 0.717) is 11.3 Å². The van der Waals surface area contributed by atoms with E-state index < -0.39 is 7.32 Å². The molecule has 6 heteroatoms. The second-order valence-corrected chi connectivity index (χ2v) is 3.79. The minimum absolute atomic E-state index is 0.204. The molecule has 0 aliphatic heterocycles. The summed E-state index contributed by atoms with van der Waals surface area (Å²) in [7, 11) is -1.91. The summed E-state index contributed by atoms with van der Waals surface area (Å²) in [6.07, 6.45) is 0. The Balaban J connectivity index is 2.11. The normalized spacial score (nSPS) is 9.79. The Morgan fingerprint density at radius 2 is 1.79 bits per heavy atom. The van der Waals surface area contributed by atoms with Gasteiger partial charge in [-0.05, 0) is 30.3 Å². The quantitative estimate of drug-likeness (QED) is 0.721. The Kier molecular flexibility index (Phi) is 4.17. The van der Waals surface area contributed by atoms with Gasteiger partial charge in [0.2, 0.25) is 0 Å². The zero-order chi connectivity index (χ0) is 13.7. The van der Waals surface area contributed by atoms with Crippen LogP contribution in [0.5, 0.6) is 5.75 Å².